The first-order chi connectivity index (χ1) is 10.1. The lowest BCUT2D eigenvalue weighted by Crippen LogP contribution is -2.46. The number of anilines is 1. The lowest BCUT2D eigenvalue weighted by molar-refractivity contribution is -0.143. The number of carbonyl (C=O) groups is 1. The number of aryl methyl sites for hydroxylation is 1. The second-order valence-corrected chi connectivity index (χ2v) is 5.35. The van der Waals surface area contributed by atoms with Crippen molar-refractivity contribution >= 4 is 11.7 Å². The summed E-state index contributed by atoms with van der Waals surface area (Å²) in [7, 11) is 0. The average Bonchev–Trinajstić information content (AvgIpc) is 2.50. The van der Waals surface area contributed by atoms with E-state index in [1.165, 1.54) is 12.1 Å². The van der Waals surface area contributed by atoms with Gasteiger partial charge in [0.1, 0.15) is 5.82 Å². The molecule has 4 heteroatoms. The van der Waals surface area contributed by atoms with E-state index in [0.29, 0.717) is 12.1 Å². The van der Waals surface area contributed by atoms with Crippen LogP contribution in [0.3, 0.4) is 0 Å². The fraction of sp³-hybridized carbons (Fsp3) is 0.235. The molecule has 0 fully saturated rings. The van der Waals surface area contributed by atoms with E-state index >= 15 is 0 Å². The predicted octanol–water partition coefficient (Wildman–Crippen LogP) is 3.55. The van der Waals surface area contributed by atoms with Crippen molar-refractivity contribution in [1.82, 2.24) is 0 Å². The van der Waals surface area contributed by atoms with E-state index in [1.54, 1.807) is 12.1 Å². The summed E-state index contributed by atoms with van der Waals surface area (Å²) < 4.78 is 13.0. The Bertz CT molecular complexity index is 669. The van der Waals surface area contributed by atoms with E-state index in [9.17, 15) is 14.3 Å². The van der Waals surface area contributed by atoms with Crippen molar-refractivity contribution in [3.8, 4) is 0 Å². The molecular weight excluding hydrogens is 269 g/mol. The number of rotatable bonds is 3. The molecule has 3 nitrogen and oxygen atoms in total. The Balaban J connectivity index is 2.05. The number of nitrogens with one attached hydrogen (secondary N) is 1. The molecule has 0 bridgehead atoms. The number of benzene rings is 2. The Morgan fingerprint density at radius 2 is 1.86 bits per heavy atom. The van der Waals surface area contributed by atoms with Crippen molar-refractivity contribution in [3.63, 3.8) is 0 Å². The average molecular weight is 285 g/mol. The molecule has 108 valence electrons. The zero-order valence-corrected chi connectivity index (χ0v) is 11.5. The van der Waals surface area contributed by atoms with Crippen LogP contribution in [0.15, 0.2) is 48.5 Å². The van der Waals surface area contributed by atoms with Gasteiger partial charge in [0.25, 0.3) is 0 Å². The molecule has 0 saturated carbocycles. The molecule has 0 aliphatic heterocycles. The molecule has 0 spiro atoms. The van der Waals surface area contributed by atoms with Gasteiger partial charge in [0.15, 0.2) is 5.54 Å². The van der Waals surface area contributed by atoms with E-state index < -0.39 is 11.5 Å². The SMILES string of the molecule is O=C(O)C1(Nc2ccc(F)cc2)CCCc2ccccc21. The van der Waals surface area contributed by atoms with Gasteiger partial charge in [-0.25, -0.2) is 9.18 Å². The maximum atomic E-state index is 13.0. The highest BCUT2D eigenvalue weighted by Crippen LogP contribution is 2.38. The summed E-state index contributed by atoms with van der Waals surface area (Å²) in [5, 5.41) is 12.9. The fourth-order valence-electron chi connectivity index (χ4n) is 3.02. The number of carboxylic acids is 1. The van der Waals surface area contributed by atoms with E-state index in [4.69, 9.17) is 0 Å². The van der Waals surface area contributed by atoms with Gasteiger partial charge in [0.05, 0.1) is 0 Å². The van der Waals surface area contributed by atoms with Gasteiger partial charge in [-0.15, -0.1) is 0 Å². The minimum absolute atomic E-state index is 0.339. The normalized spacial score (nSPS) is 20.6. The number of halogens is 1. The van der Waals surface area contributed by atoms with Crippen LogP contribution in [0.2, 0.25) is 0 Å². The molecule has 3 rings (SSSR count). The topological polar surface area (TPSA) is 49.3 Å². The van der Waals surface area contributed by atoms with Crippen LogP contribution in [-0.4, -0.2) is 11.1 Å². The second-order valence-electron chi connectivity index (χ2n) is 5.35. The minimum Gasteiger partial charge on any atom is -0.479 e. The van der Waals surface area contributed by atoms with E-state index in [0.717, 1.165) is 24.0 Å². The highest BCUT2D eigenvalue weighted by Gasteiger charge is 2.43. The smallest absolute Gasteiger partial charge is 0.334 e. The molecule has 2 aromatic rings. The highest BCUT2D eigenvalue weighted by molar-refractivity contribution is 5.85. The number of aliphatic carboxylic acids is 1. The second kappa shape index (κ2) is 5.20. The lowest BCUT2D eigenvalue weighted by Gasteiger charge is -2.37. The Kier molecular flexibility index (Phi) is 3.37. The zero-order valence-electron chi connectivity index (χ0n) is 11.5. The molecule has 1 aliphatic rings. The first kappa shape index (κ1) is 13.6. The first-order valence-corrected chi connectivity index (χ1v) is 6.97. The lowest BCUT2D eigenvalue weighted by atomic mass is 9.76. The number of hydrogen-bond acceptors (Lipinski definition) is 2. The van der Waals surface area contributed by atoms with Crippen LogP contribution in [0, 0.1) is 5.82 Å². The molecule has 0 radical (unpaired) electrons. The van der Waals surface area contributed by atoms with Gasteiger partial charge < -0.3 is 10.4 Å². The molecule has 0 saturated heterocycles. The van der Waals surface area contributed by atoms with E-state index in [1.807, 2.05) is 24.3 Å². The summed E-state index contributed by atoms with van der Waals surface area (Å²) >= 11 is 0. The number of carboxylic acid groups (broad SMARTS) is 1. The number of hydrogen-bond donors (Lipinski definition) is 2. The Morgan fingerprint density at radius 1 is 1.14 bits per heavy atom. The molecule has 1 unspecified atom stereocenters. The van der Waals surface area contributed by atoms with Gasteiger partial charge in [-0.05, 0) is 54.7 Å². The maximum Gasteiger partial charge on any atom is 0.334 e. The van der Waals surface area contributed by atoms with Crippen LogP contribution in [0.5, 0.6) is 0 Å². The largest absolute Gasteiger partial charge is 0.479 e. The van der Waals surface area contributed by atoms with Crippen molar-refractivity contribution in [2.45, 2.75) is 24.8 Å². The summed E-state index contributed by atoms with van der Waals surface area (Å²) in [5.41, 5.74) is 1.32. The highest BCUT2D eigenvalue weighted by atomic mass is 19.1. The van der Waals surface area contributed by atoms with Crippen molar-refractivity contribution < 1.29 is 14.3 Å². The van der Waals surface area contributed by atoms with Crippen molar-refractivity contribution in [2.24, 2.45) is 0 Å². The predicted molar refractivity (Wildman–Crippen MR) is 78.7 cm³/mol. The fourth-order valence-corrected chi connectivity index (χ4v) is 3.02. The van der Waals surface area contributed by atoms with Crippen LogP contribution in [0.25, 0.3) is 0 Å². The molecule has 0 heterocycles. The molecular formula is C17H16FNO2. The Labute approximate surface area is 122 Å². The third-order valence-electron chi connectivity index (χ3n) is 4.04. The van der Waals surface area contributed by atoms with Crippen LogP contribution in [0.1, 0.15) is 24.0 Å². The summed E-state index contributed by atoms with van der Waals surface area (Å²) in [5.74, 6) is -1.24. The van der Waals surface area contributed by atoms with Crippen LogP contribution in [-0.2, 0) is 16.8 Å². The van der Waals surface area contributed by atoms with Gasteiger partial charge in [-0.3, -0.25) is 0 Å². The first-order valence-electron chi connectivity index (χ1n) is 6.97. The van der Waals surface area contributed by atoms with Crippen molar-refractivity contribution in [2.75, 3.05) is 5.32 Å². The Hall–Kier alpha value is -2.36. The van der Waals surface area contributed by atoms with Crippen molar-refractivity contribution in [1.29, 1.82) is 0 Å². The maximum absolute atomic E-state index is 13.0. The van der Waals surface area contributed by atoms with Gasteiger partial charge in [0.2, 0.25) is 0 Å². The monoisotopic (exact) mass is 285 g/mol. The van der Waals surface area contributed by atoms with Gasteiger partial charge in [-0.1, -0.05) is 24.3 Å². The third kappa shape index (κ3) is 2.37. The third-order valence-corrected chi connectivity index (χ3v) is 4.04. The van der Waals surface area contributed by atoms with Crippen molar-refractivity contribution in [3.05, 3.63) is 65.5 Å². The molecule has 1 atom stereocenters. The molecule has 0 aromatic heterocycles. The Morgan fingerprint density at radius 3 is 2.57 bits per heavy atom. The van der Waals surface area contributed by atoms with Gasteiger partial charge >= 0.3 is 5.97 Å². The zero-order chi connectivity index (χ0) is 14.9. The molecule has 0 amide bonds. The van der Waals surface area contributed by atoms with Gasteiger partial charge in [-0.2, -0.15) is 0 Å². The van der Waals surface area contributed by atoms with Crippen LogP contribution >= 0.6 is 0 Å². The molecule has 2 N–H and O–H groups in total. The summed E-state index contributed by atoms with van der Waals surface area (Å²) in [4.78, 5) is 12.0. The molecule has 2 aromatic carbocycles. The van der Waals surface area contributed by atoms with Gasteiger partial charge in [0, 0.05) is 5.69 Å². The van der Waals surface area contributed by atoms with Crippen LogP contribution in [0.4, 0.5) is 10.1 Å². The number of fused-ring (bicyclic) bond motifs is 1. The minimum atomic E-state index is -1.15. The molecule has 1 aliphatic carbocycles. The van der Waals surface area contributed by atoms with Crippen LogP contribution < -0.4 is 5.32 Å². The summed E-state index contributed by atoms with van der Waals surface area (Å²) in [6, 6.07) is 13.4. The van der Waals surface area contributed by atoms with E-state index in [2.05, 4.69) is 5.32 Å². The quantitative estimate of drug-likeness (QED) is 0.906. The standard InChI is InChI=1S/C17H16FNO2/c18-13-7-9-14(10-8-13)19-17(16(20)21)11-3-5-12-4-1-2-6-15(12)17/h1-2,4,6-10,19H,3,5,11H2,(H,20,21). The van der Waals surface area contributed by atoms with E-state index in [-0.39, 0.29) is 5.82 Å². The summed E-state index contributed by atoms with van der Waals surface area (Å²) in [6.45, 7) is 0. The molecule has 21 heavy (non-hydrogen) atoms. The summed E-state index contributed by atoms with van der Waals surface area (Å²) in [6.07, 6.45) is 2.20.